The Hall–Kier alpha value is -3.00. The van der Waals surface area contributed by atoms with Gasteiger partial charge in [-0.3, -0.25) is 4.68 Å². The van der Waals surface area contributed by atoms with Crippen LogP contribution in [0, 0.1) is 0 Å². The van der Waals surface area contributed by atoms with E-state index in [0.717, 1.165) is 10.6 Å². The van der Waals surface area contributed by atoms with Crippen molar-refractivity contribution >= 4 is 23.1 Å². The Morgan fingerprint density at radius 2 is 2.12 bits per heavy atom. The van der Waals surface area contributed by atoms with Crippen molar-refractivity contribution in [2.75, 3.05) is 26.1 Å². The number of ether oxygens (including phenoxy) is 2. The Morgan fingerprint density at radius 3 is 2.85 bits per heavy atom. The Morgan fingerprint density at radius 1 is 1.23 bits per heavy atom. The van der Waals surface area contributed by atoms with E-state index in [1.807, 2.05) is 34.5 Å². The first kappa shape index (κ1) is 17.8. The molecule has 0 aliphatic carbocycles. The predicted octanol–water partition coefficient (Wildman–Crippen LogP) is 3.45. The highest BCUT2D eigenvalue weighted by molar-refractivity contribution is 7.13. The van der Waals surface area contributed by atoms with Crippen molar-refractivity contribution in [3.63, 3.8) is 0 Å². The minimum atomic E-state index is -0.306. The molecule has 3 rings (SSSR count). The molecule has 8 heteroatoms. The number of rotatable bonds is 7. The van der Waals surface area contributed by atoms with Crippen LogP contribution in [0.5, 0.6) is 11.5 Å². The second-order valence-corrected chi connectivity index (χ2v) is 6.34. The van der Waals surface area contributed by atoms with E-state index in [1.165, 1.54) is 0 Å². The van der Waals surface area contributed by atoms with Crippen LogP contribution in [-0.4, -0.2) is 36.6 Å². The number of carbonyl (C=O) groups is 1. The third-order valence-electron chi connectivity index (χ3n) is 3.70. The molecule has 0 aliphatic rings. The lowest BCUT2D eigenvalue weighted by Crippen LogP contribution is -2.31. The Kier molecular flexibility index (Phi) is 5.75. The fourth-order valence-electron chi connectivity index (χ4n) is 2.39. The molecule has 1 aromatic carbocycles. The zero-order chi connectivity index (χ0) is 18.4. The maximum atomic E-state index is 12.1. The number of nitrogens with zero attached hydrogens (tertiary/aromatic N) is 2. The van der Waals surface area contributed by atoms with Gasteiger partial charge in [-0.25, -0.2) is 4.79 Å². The van der Waals surface area contributed by atoms with Crippen molar-refractivity contribution < 1.29 is 14.3 Å². The highest BCUT2D eigenvalue weighted by Crippen LogP contribution is 2.28. The van der Waals surface area contributed by atoms with Gasteiger partial charge in [-0.05, 0) is 29.6 Å². The fraction of sp³-hybridized carbons (Fsp3) is 0.222. The molecule has 26 heavy (non-hydrogen) atoms. The van der Waals surface area contributed by atoms with Gasteiger partial charge < -0.3 is 20.1 Å². The van der Waals surface area contributed by atoms with Crippen molar-refractivity contribution in [3.05, 3.63) is 48.0 Å². The van der Waals surface area contributed by atoms with E-state index < -0.39 is 0 Å². The van der Waals surface area contributed by atoms with Crippen molar-refractivity contribution in [3.8, 4) is 22.1 Å². The normalized spacial score (nSPS) is 10.4. The molecule has 0 unspecified atom stereocenters. The lowest BCUT2D eigenvalue weighted by molar-refractivity contribution is 0.251. The first-order chi connectivity index (χ1) is 12.7. The summed E-state index contributed by atoms with van der Waals surface area (Å²) in [4.78, 5) is 13.2. The average molecular weight is 372 g/mol. The number of aromatic nitrogens is 2. The first-order valence-corrected chi connectivity index (χ1v) is 8.92. The fourth-order valence-corrected chi connectivity index (χ4v) is 3.08. The molecule has 0 bridgehead atoms. The van der Waals surface area contributed by atoms with Gasteiger partial charge in [0.2, 0.25) is 0 Å². The van der Waals surface area contributed by atoms with Crippen LogP contribution >= 0.6 is 11.3 Å². The Balaban J connectivity index is 1.50. The van der Waals surface area contributed by atoms with Crippen LogP contribution in [-0.2, 0) is 6.54 Å². The molecule has 0 spiro atoms. The van der Waals surface area contributed by atoms with Gasteiger partial charge in [-0.15, -0.1) is 11.3 Å². The van der Waals surface area contributed by atoms with Crippen LogP contribution in [0.1, 0.15) is 0 Å². The minimum Gasteiger partial charge on any atom is -0.497 e. The van der Waals surface area contributed by atoms with Crippen molar-refractivity contribution in [1.29, 1.82) is 0 Å². The molecule has 0 saturated carbocycles. The van der Waals surface area contributed by atoms with Crippen molar-refractivity contribution in [2.45, 2.75) is 6.54 Å². The number of urea groups is 1. The molecule has 7 nitrogen and oxygen atoms in total. The maximum absolute atomic E-state index is 12.1. The Labute approximate surface area is 155 Å². The first-order valence-electron chi connectivity index (χ1n) is 8.04. The summed E-state index contributed by atoms with van der Waals surface area (Å²) in [5.74, 6) is 1.19. The second-order valence-electron chi connectivity index (χ2n) is 5.39. The third kappa shape index (κ3) is 4.34. The number of nitrogens with one attached hydrogen (secondary N) is 2. The summed E-state index contributed by atoms with van der Waals surface area (Å²) in [5.41, 5.74) is 1.51. The summed E-state index contributed by atoms with van der Waals surface area (Å²) in [6.07, 6.45) is 1.90. The molecule has 3 aromatic rings. The minimum absolute atomic E-state index is 0.306. The van der Waals surface area contributed by atoms with Gasteiger partial charge >= 0.3 is 6.03 Å². The van der Waals surface area contributed by atoms with Gasteiger partial charge in [-0.1, -0.05) is 6.07 Å². The molecule has 2 aromatic heterocycles. The molecule has 2 N–H and O–H groups in total. The molecule has 2 heterocycles. The number of benzene rings is 1. The topological polar surface area (TPSA) is 77.4 Å². The molecule has 0 fully saturated rings. The summed E-state index contributed by atoms with van der Waals surface area (Å²) in [6, 6.07) is 10.9. The number of hydrogen-bond acceptors (Lipinski definition) is 5. The summed E-state index contributed by atoms with van der Waals surface area (Å²) in [7, 11) is 3.12. The van der Waals surface area contributed by atoms with E-state index in [0.29, 0.717) is 30.3 Å². The lowest BCUT2D eigenvalue weighted by atomic mass is 10.2. The number of hydrogen-bond donors (Lipinski definition) is 2. The smallest absolute Gasteiger partial charge is 0.319 e. The van der Waals surface area contributed by atoms with Gasteiger partial charge in [0.15, 0.2) is 0 Å². The highest BCUT2D eigenvalue weighted by atomic mass is 32.1. The summed E-state index contributed by atoms with van der Waals surface area (Å²) in [6.45, 7) is 1.04. The summed E-state index contributed by atoms with van der Waals surface area (Å²) in [5, 5.41) is 12.1. The molecule has 0 aliphatic heterocycles. The molecular weight excluding hydrogens is 352 g/mol. The SMILES string of the molecule is COc1ccc(NC(=O)NCCn2ccc(-c3cccs3)n2)c(OC)c1. The highest BCUT2D eigenvalue weighted by Gasteiger charge is 2.09. The zero-order valence-electron chi connectivity index (χ0n) is 14.6. The number of anilines is 1. The van der Waals surface area contributed by atoms with Crippen molar-refractivity contribution in [1.82, 2.24) is 15.1 Å². The van der Waals surface area contributed by atoms with E-state index in [-0.39, 0.29) is 6.03 Å². The van der Waals surface area contributed by atoms with Crippen LogP contribution in [0.2, 0.25) is 0 Å². The lowest BCUT2D eigenvalue weighted by Gasteiger charge is -2.12. The van der Waals surface area contributed by atoms with E-state index in [2.05, 4.69) is 15.7 Å². The summed E-state index contributed by atoms with van der Waals surface area (Å²) < 4.78 is 12.2. The van der Waals surface area contributed by atoms with Crippen LogP contribution in [0.3, 0.4) is 0 Å². The molecule has 136 valence electrons. The standard InChI is InChI=1S/C18H20N4O3S/c1-24-13-5-6-14(16(12-13)25-2)20-18(23)19-8-10-22-9-7-15(21-22)17-4-3-11-26-17/h3-7,9,11-12H,8,10H2,1-2H3,(H2,19,20,23). The monoisotopic (exact) mass is 372 g/mol. The number of carbonyl (C=O) groups excluding carboxylic acids is 1. The summed E-state index contributed by atoms with van der Waals surface area (Å²) >= 11 is 1.65. The van der Waals surface area contributed by atoms with E-state index in [1.54, 1.807) is 43.8 Å². The largest absolute Gasteiger partial charge is 0.497 e. The average Bonchev–Trinajstić information content (AvgIpc) is 3.33. The van der Waals surface area contributed by atoms with Crippen molar-refractivity contribution in [2.24, 2.45) is 0 Å². The molecular formula is C18H20N4O3S. The van der Waals surface area contributed by atoms with E-state index >= 15 is 0 Å². The van der Waals surface area contributed by atoms with Gasteiger partial charge in [0.25, 0.3) is 0 Å². The Bertz CT molecular complexity index is 861. The van der Waals surface area contributed by atoms with E-state index in [4.69, 9.17) is 9.47 Å². The van der Waals surface area contributed by atoms with Gasteiger partial charge in [-0.2, -0.15) is 5.10 Å². The number of methoxy groups -OCH3 is 2. The maximum Gasteiger partial charge on any atom is 0.319 e. The molecule has 2 amide bonds. The number of thiophene rings is 1. The molecule has 0 atom stereocenters. The van der Waals surface area contributed by atoms with E-state index in [9.17, 15) is 4.79 Å². The van der Waals surface area contributed by atoms with Gasteiger partial charge in [0.05, 0.1) is 31.3 Å². The van der Waals surface area contributed by atoms with Gasteiger partial charge in [0.1, 0.15) is 17.2 Å². The van der Waals surface area contributed by atoms with Crippen LogP contribution in [0.4, 0.5) is 10.5 Å². The quantitative estimate of drug-likeness (QED) is 0.666. The van der Waals surface area contributed by atoms with Crippen LogP contribution in [0.15, 0.2) is 48.0 Å². The predicted molar refractivity (Wildman–Crippen MR) is 102 cm³/mol. The van der Waals surface area contributed by atoms with Crippen LogP contribution in [0.25, 0.3) is 10.6 Å². The second kappa shape index (κ2) is 8.39. The third-order valence-corrected chi connectivity index (χ3v) is 4.59. The molecule has 0 saturated heterocycles. The number of amides is 2. The van der Waals surface area contributed by atoms with Gasteiger partial charge in [0, 0.05) is 18.8 Å². The zero-order valence-corrected chi connectivity index (χ0v) is 15.4. The van der Waals surface area contributed by atoms with Crippen LogP contribution < -0.4 is 20.1 Å². The molecule has 0 radical (unpaired) electrons.